The van der Waals surface area contributed by atoms with Gasteiger partial charge in [0, 0.05) is 44.1 Å². The molecule has 1 aliphatic heterocycles. The SMILES string of the molecule is CN1C=CN(c2[c-]c(Oc3[c-]c(-c4nc[c-]c(-c5[c-]c(Oc6[c-]cccc6)ccc5)c4C(C)(C)C)ccc3)ccc2)[CH-]1.[Cl][Pt].[Pt]. The molecule has 0 fully saturated rings. The number of halogens is 1. The van der Waals surface area contributed by atoms with E-state index in [9.17, 15) is 0 Å². The van der Waals surface area contributed by atoms with Crippen molar-refractivity contribution in [1.29, 1.82) is 0 Å². The van der Waals surface area contributed by atoms with Gasteiger partial charge in [-0.15, -0.1) is 65.8 Å². The normalized spacial score (nSPS) is 12.2. The molecular formula is C37H29ClN3O2Pt2-6. The summed E-state index contributed by atoms with van der Waals surface area (Å²) in [7, 11) is 6.59. The molecule has 0 atom stereocenters. The average Bonchev–Trinajstić information content (AvgIpc) is 3.48. The largest absolute Gasteiger partial charge is 0 e. The Morgan fingerprint density at radius 1 is 0.756 bits per heavy atom. The zero-order valence-electron chi connectivity index (χ0n) is 25.0. The molecule has 4 aromatic carbocycles. The van der Waals surface area contributed by atoms with Crippen molar-refractivity contribution < 1.29 is 49.3 Å². The van der Waals surface area contributed by atoms with E-state index in [1.165, 1.54) is 0 Å². The van der Waals surface area contributed by atoms with Gasteiger partial charge < -0.3 is 24.3 Å². The Morgan fingerprint density at radius 2 is 1.38 bits per heavy atom. The zero-order chi connectivity index (χ0) is 31.1. The fourth-order valence-corrected chi connectivity index (χ4v) is 4.78. The molecule has 0 bridgehead atoms. The van der Waals surface area contributed by atoms with Crippen LogP contribution in [-0.2, 0) is 45.3 Å². The van der Waals surface area contributed by atoms with Crippen LogP contribution in [-0.4, -0.2) is 16.9 Å². The zero-order valence-corrected chi connectivity index (χ0v) is 30.3. The molecule has 1 aromatic heterocycles. The molecule has 237 valence electrons. The third-order valence-corrected chi connectivity index (χ3v) is 6.62. The first kappa shape index (κ1) is 34.5. The molecule has 0 saturated heterocycles. The first-order chi connectivity index (χ1) is 21.3. The maximum absolute atomic E-state index is 6.23. The van der Waals surface area contributed by atoms with Crippen LogP contribution in [0.4, 0.5) is 5.69 Å². The second-order valence-electron chi connectivity index (χ2n) is 10.9. The smallest absolute Gasteiger partial charge is 0 e. The number of nitrogens with zero attached hydrogens (tertiary/aromatic N) is 3. The van der Waals surface area contributed by atoms with Gasteiger partial charge in [0.1, 0.15) is 0 Å². The van der Waals surface area contributed by atoms with Crippen LogP contribution in [0.1, 0.15) is 26.3 Å². The Kier molecular flexibility index (Phi) is 12.1. The van der Waals surface area contributed by atoms with Crippen LogP contribution in [0.5, 0.6) is 23.0 Å². The van der Waals surface area contributed by atoms with Crippen LogP contribution in [0.25, 0.3) is 22.4 Å². The van der Waals surface area contributed by atoms with E-state index in [2.05, 4.69) is 60.5 Å². The minimum Gasteiger partial charge on any atom is 0 e. The average molecular weight is 973 g/mol. The molecule has 0 N–H and O–H groups in total. The van der Waals surface area contributed by atoms with Crippen molar-refractivity contribution in [3.63, 3.8) is 0 Å². The molecule has 0 saturated carbocycles. The minimum absolute atomic E-state index is 0. The maximum Gasteiger partial charge on any atom is 0 e. The number of aromatic nitrogens is 1. The molecule has 2 heterocycles. The summed E-state index contributed by atoms with van der Waals surface area (Å²) in [6, 6.07) is 41.7. The quantitative estimate of drug-likeness (QED) is 0.152. The van der Waals surface area contributed by atoms with Gasteiger partial charge in [0.15, 0.2) is 0 Å². The Bertz CT molecular complexity index is 1740. The Hall–Kier alpha value is -3.36. The number of anilines is 1. The summed E-state index contributed by atoms with van der Waals surface area (Å²) in [5.41, 5.74) is 5.09. The van der Waals surface area contributed by atoms with Gasteiger partial charge in [-0.05, 0) is 19.4 Å². The Morgan fingerprint density at radius 3 is 2.02 bits per heavy atom. The van der Waals surface area contributed by atoms with Crippen LogP contribution >= 0.6 is 9.42 Å². The van der Waals surface area contributed by atoms with E-state index in [1.54, 1.807) is 25.0 Å². The van der Waals surface area contributed by atoms with Gasteiger partial charge >= 0.3 is 28.2 Å². The van der Waals surface area contributed by atoms with Crippen LogP contribution in [0.3, 0.4) is 0 Å². The number of para-hydroxylation sites is 1. The number of hydrogen-bond acceptors (Lipinski definition) is 5. The summed E-state index contributed by atoms with van der Waals surface area (Å²) in [5.74, 6) is 2.43. The summed E-state index contributed by atoms with van der Waals surface area (Å²) >= 11 is 1.61. The number of benzene rings is 4. The summed E-state index contributed by atoms with van der Waals surface area (Å²) in [6.07, 6.45) is 5.67. The summed E-state index contributed by atoms with van der Waals surface area (Å²) in [5, 5.41) is 0. The van der Waals surface area contributed by atoms with Crippen molar-refractivity contribution in [2.24, 2.45) is 0 Å². The first-order valence-electron chi connectivity index (χ1n) is 13.8. The molecule has 5 aromatic rings. The number of pyridine rings is 1. The molecule has 5 nitrogen and oxygen atoms in total. The third-order valence-electron chi connectivity index (χ3n) is 6.62. The van der Waals surface area contributed by atoms with Gasteiger partial charge in [-0.2, -0.15) is 43.1 Å². The van der Waals surface area contributed by atoms with Crippen molar-refractivity contribution in [2.45, 2.75) is 26.2 Å². The molecule has 1 aliphatic rings. The van der Waals surface area contributed by atoms with Crippen molar-refractivity contribution in [1.82, 2.24) is 9.88 Å². The second kappa shape index (κ2) is 15.8. The number of ether oxygens (including phenoxy) is 2. The summed E-state index contributed by atoms with van der Waals surface area (Å²) in [4.78, 5) is 8.76. The minimum atomic E-state index is -0.257. The van der Waals surface area contributed by atoms with Crippen LogP contribution < -0.4 is 14.4 Å². The van der Waals surface area contributed by atoms with E-state index >= 15 is 0 Å². The van der Waals surface area contributed by atoms with Crippen LogP contribution in [0.15, 0.2) is 97.5 Å². The van der Waals surface area contributed by atoms with Crippen molar-refractivity contribution in [3.05, 3.63) is 140 Å². The molecule has 0 radical (unpaired) electrons. The number of rotatable bonds is 7. The molecule has 0 spiro atoms. The maximum atomic E-state index is 6.23. The van der Waals surface area contributed by atoms with Gasteiger partial charge in [0.25, 0.3) is 0 Å². The molecule has 8 heteroatoms. The van der Waals surface area contributed by atoms with E-state index in [0.29, 0.717) is 23.0 Å². The van der Waals surface area contributed by atoms with E-state index in [0.717, 1.165) is 33.6 Å². The molecule has 6 rings (SSSR count). The van der Waals surface area contributed by atoms with Crippen molar-refractivity contribution in [2.75, 3.05) is 11.9 Å². The summed E-state index contributed by atoms with van der Waals surface area (Å²) in [6.45, 7) is 8.50. The Labute approximate surface area is 295 Å². The van der Waals surface area contributed by atoms with E-state index < -0.39 is 0 Å². The molecule has 0 amide bonds. The molecule has 0 unspecified atom stereocenters. The van der Waals surface area contributed by atoms with Gasteiger partial charge in [-0.1, -0.05) is 44.1 Å². The van der Waals surface area contributed by atoms with Gasteiger partial charge in [0.05, 0.1) is 0 Å². The van der Waals surface area contributed by atoms with E-state index in [4.69, 9.17) is 14.5 Å². The van der Waals surface area contributed by atoms with Crippen LogP contribution in [0, 0.1) is 37.0 Å². The third kappa shape index (κ3) is 8.67. The second-order valence-corrected chi connectivity index (χ2v) is 10.9. The van der Waals surface area contributed by atoms with Crippen LogP contribution in [0.2, 0.25) is 0 Å². The predicted octanol–water partition coefficient (Wildman–Crippen LogP) is 9.33. The number of hydrogen-bond donors (Lipinski definition) is 0. The topological polar surface area (TPSA) is 37.8 Å². The van der Waals surface area contributed by atoms with Gasteiger partial charge in [-0.25, -0.2) is 17.7 Å². The molecule has 0 aliphatic carbocycles. The van der Waals surface area contributed by atoms with Crippen molar-refractivity contribution >= 4 is 15.1 Å². The standard InChI is InChI=1S/C37H29N3O2.ClH.2Pt/c1-37(2,3)35-34(27-11-8-16-31(23-27)41-30-14-6-5-7-15-30)19-20-38-36(35)28-12-9-17-32(24-28)42-33-18-10-13-29(25-33)40-22-21-39(4)26-40;;;/h5-14,16-18,20-22,26H,1-4H3;1H;;/q-6;;;+1/p-1. The van der Waals surface area contributed by atoms with E-state index in [1.807, 2.05) is 115 Å². The first-order valence-corrected chi connectivity index (χ1v) is 16.6. The van der Waals surface area contributed by atoms with E-state index in [-0.39, 0.29) is 26.5 Å². The van der Waals surface area contributed by atoms with Gasteiger partial charge in [-0.3, -0.25) is 11.1 Å². The van der Waals surface area contributed by atoms with Gasteiger partial charge in [0.2, 0.25) is 0 Å². The summed E-state index contributed by atoms with van der Waals surface area (Å²) < 4.78 is 12.3. The van der Waals surface area contributed by atoms with Crippen molar-refractivity contribution in [3.8, 4) is 45.4 Å². The Balaban J connectivity index is 0.00000151. The molecular weight excluding hydrogens is 944 g/mol. The fraction of sp³-hybridized carbons (Fsp3) is 0.135. The molecule has 45 heavy (non-hydrogen) atoms. The fourth-order valence-electron chi connectivity index (χ4n) is 4.78. The monoisotopic (exact) mass is 972 g/mol. The predicted molar refractivity (Wildman–Crippen MR) is 171 cm³/mol.